The van der Waals surface area contributed by atoms with E-state index >= 15 is 0 Å². The molecule has 1 saturated carbocycles. The molecule has 0 amide bonds. The molecule has 4 nitrogen and oxygen atoms in total. The summed E-state index contributed by atoms with van der Waals surface area (Å²) >= 11 is 0. The van der Waals surface area contributed by atoms with Gasteiger partial charge in [-0.3, -0.25) is 0 Å². The lowest BCUT2D eigenvalue weighted by Gasteiger charge is -2.17. The standard InChI is InChI=1S/C14H16FN3O/c15-10-6-7-11(12(16)8-10)14-18-17-13(19-14)9-4-2-1-3-5-9/h6-9H,1-5,16H2. The molecule has 2 N–H and O–H groups in total. The van der Waals surface area contributed by atoms with E-state index in [0.29, 0.717) is 29.0 Å². The van der Waals surface area contributed by atoms with Crippen molar-refractivity contribution in [3.63, 3.8) is 0 Å². The summed E-state index contributed by atoms with van der Waals surface area (Å²) in [5.41, 5.74) is 6.69. The Morgan fingerprint density at radius 3 is 2.68 bits per heavy atom. The van der Waals surface area contributed by atoms with Crippen LogP contribution < -0.4 is 5.73 Å². The van der Waals surface area contributed by atoms with Crippen molar-refractivity contribution >= 4 is 5.69 Å². The van der Waals surface area contributed by atoms with Crippen molar-refractivity contribution in [2.24, 2.45) is 0 Å². The highest BCUT2D eigenvalue weighted by molar-refractivity contribution is 5.69. The maximum absolute atomic E-state index is 13.0. The Balaban J connectivity index is 1.87. The van der Waals surface area contributed by atoms with Crippen LogP contribution in [-0.4, -0.2) is 10.2 Å². The number of nitrogens with zero attached hydrogens (tertiary/aromatic N) is 2. The maximum atomic E-state index is 13.0. The van der Waals surface area contributed by atoms with Gasteiger partial charge in [-0.1, -0.05) is 19.3 Å². The molecule has 1 aromatic heterocycles. The highest BCUT2D eigenvalue weighted by Gasteiger charge is 2.22. The molecule has 3 rings (SSSR count). The van der Waals surface area contributed by atoms with Gasteiger partial charge in [-0.05, 0) is 31.0 Å². The lowest BCUT2D eigenvalue weighted by Crippen LogP contribution is -2.04. The summed E-state index contributed by atoms with van der Waals surface area (Å²) < 4.78 is 18.7. The van der Waals surface area contributed by atoms with Crippen LogP contribution in [-0.2, 0) is 0 Å². The number of anilines is 1. The largest absolute Gasteiger partial charge is 0.420 e. The van der Waals surface area contributed by atoms with Crippen LogP contribution in [0.15, 0.2) is 22.6 Å². The minimum absolute atomic E-state index is 0.318. The zero-order valence-electron chi connectivity index (χ0n) is 10.6. The summed E-state index contributed by atoms with van der Waals surface area (Å²) in [5.74, 6) is 1.04. The van der Waals surface area contributed by atoms with Crippen molar-refractivity contribution < 1.29 is 8.81 Å². The third-order valence-electron chi connectivity index (χ3n) is 3.64. The molecule has 5 heteroatoms. The molecule has 1 heterocycles. The van der Waals surface area contributed by atoms with Gasteiger partial charge in [0, 0.05) is 11.6 Å². The van der Waals surface area contributed by atoms with Crippen molar-refractivity contribution in [1.82, 2.24) is 10.2 Å². The number of nitrogens with two attached hydrogens (primary N) is 1. The molecular formula is C14H16FN3O. The number of rotatable bonds is 2. The average Bonchev–Trinajstić information content (AvgIpc) is 2.89. The Morgan fingerprint density at radius 1 is 1.16 bits per heavy atom. The Kier molecular flexibility index (Phi) is 3.19. The molecule has 100 valence electrons. The van der Waals surface area contributed by atoms with Crippen molar-refractivity contribution in [2.45, 2.75) is 38.0 Å². The van der Waals surface area contributed by atoms with Gasteiger partial charge in [0.2, 0.25) is 11.8 Å². The monoisotopic (exact) mass is 261 g/mol. The summed E-state index contributed by atoms with van der Waals surface area (Å²) in [7, 11) is 0. The van der Waals surface area contributed by atoms with Gasteiger partial charge in [0.1, 0.15) is 5.82 Å². The minimum atomic E-state index is -0.367. The first-order valence-corrected chi connectivity index (χ1v) is 6.63. The minimum Gasteiger partial charge on any atom is -0.420 e. The lowest BCUT2D eigenvalue weighted by molar-refractivity contribution is 0.367. The number of hydrogen-bond donors (Lipinski definition) is 1. The second-order valence-corrected chi connectivity index (χ2v) is 5.01. The molecule has 1 aliphatic carbocycles. The third kappa shape index (κ3) is 2.45. The van der Waals surface area contributed by atoms with Crippen LogP contribution in [0.4, 0.5) is 10.1 Å². The van der Waals surface area contributed by atoms with Crippen LogP contribution in [0.25, 0.3) is 11.5 Å². The van der Waals surface area contributed by atoms with Crippen molar-refractivity contribution in [1.29, 1.82) is 0 Å². The van der Waals surface area contributed by atoms with Crippen molar-refractivity contribution in [3.05, 3.63) is 29.9 Å². The molecule has 0 spiro atoms. The molecule has 1 aromatic carbocycles. The Labute approximate surface area is 110 Å². The van der Waals surface area contributed by atoms with Crippen LogP contribution in [0.5, 0.6) is 0 Å². The first kappa shape index (κ1) is 12.1. The molecule has 0 radical (unpaired) electrons. The molecule has 0 saturated heterocycles. The van der Waals surface area contributed by atoms with Crippen LogP contribution >= 0.6 is 0 Å². The van der Waals surface area contributed by atoms with E-state index in [-0.39, 0.29) is 5.82 Å². The first-order valence-electron chi connectivity index (χ1n) is 6.63. The molecule has 0 unspecified atom stereocenters. The molecule has 0 bridgehead atoms. The highest BCUT2D eigenvalue weighted by atomic mass is 19.1. The second-order valence-electron chi connectivity index (χ2n) is 5.01. The van der Waals surface area contributed by atoms with E-state index in [1.807, 2.05) is 0 Å². The first-order chi connectivity index (χ1) is 9.24. The molecular weight excluding hydrogens is 245 g/mol. The average molecular weight is 261 g/mol. The topological polar surface area (TPSA) is 64.9 Å². The van der Waals surface area contributed by atoms with Crippen LogP contribution in [0, 0.1) is 5.82 Å². The van der Waals surface area contributed by atoms with Gasteiger partial charge >= 0.3 is 0 Å². The van der Waals surface area contributed by atoms with Crippen molar-refractivity contribution in [3.8, 4) is 11.5 Å². The quantitative estimate of drug-likeness (QED) is 0.840. The number of nitrogen functional groups attached to an aromatic ring is 1. The van der Waals surface area contributed by atoms with Gasteiger partial charge < -0.3 is 10.2 Å². The van der Waals surface area contributed by atoms with E-state index in [1.54, 1.807) is 6.07 Å². The van der Waals surface area contributed by atoms with Gasteiger partial charge in [0.05, 0.1) is 5.56 Å². The summed E-state index contributed by atoms with van der Waals surface area (Å²) in [5, 5.41) is 8.15. The summed E-state index contributed by atoms with van der Waals surface area (Å²) in [6, 6.07) is 4.18. The second kappa shape index (κ2) is 4.99. The van der Waals surface area contributed by atoms with Crippen LogP contribution in [0.1, 0.15) is 43.9 Å². The molecule has 2 aromatic rings. The summed E-state index contributed by atoms with van der Waals surface area (Å²) in [4.78, 5) is 0. The smallest absolute Gasteiger partial charge is 0.249 e. The van der Waals surface area contributed by atoms with Gasteiger partial charge in [0.15, 0.2) is 0 Å². The van der Waals surface area contributed by atoms with Crippen LogP contribution in [0.3, 0.4) is 0 Å². The fourth-order valence-electron chi connectivity index (χ4n) is 2.59. The summed E-state index contributed by atoms with van der Waals surface area (Å²) in [6.45, 7) is 0. The van der Waals surface area contributed by atoms with Crippen LogP contribution in [0.2, 0.25) is 0 Å². The molecule has 1 fully saturated rings. The zero-order chi connectivity index (χ0) is 13.2. The number of hydrogen-bond acceptors (Lipinski definition) is 4. The van der Waals surface area contributed by atoms with E-state index < -0.39 is 0 Å². The SMILES string of the molecule is Nc1cc(F)ccc1-c1nnc(C2CCCCC2)o1. The van der Waals surface area contributed by atoms with E-state index in [0.717, 1.165) is 12.8 Å². The van der Waals surface area contributed by atoms with E-state index in [2.05, 4.69) is 10.2 Å². The lowest BCUT2D eigenvalue weighted by atomic mass is 9.89. The molecule has 0 aliphatic heterocycles. The number of halogens is 1. The molecule has 1 aliphatic rings. The number of aromatic nitrogens is 2. The third-order valence-corrected chi connectivity index (χ3v) is 3.64. The fourth-order valence-corrected chi connectivity index (χ4v) is 2.59. The molecule has 19 heavy (non-hydrogen) atoms. The molecule has 0 atom stereocenters. The van der Waals surface area contributed by atoms with Gasteiger partial charge in [-0.15, -0.1) is 10.2 Å². The number of benzene rings is 1. The van der Waals surface area contributed by atoms with Gasteiger partial charge in [0.25, 0.3) is 0 Å². The predicted octanol–water partition coefficient (Wildman–Crippen LogP) is 3.51. The van der Waals surface area contributed by atoms with E-state index in [9.17, 15) is 4.39 Å². The van der Waals surface area contributed by atoms with Crippen molar-refractivity contribution in [2.75, 3.05) is 5.73 Å². The predicted molar refractivity (Wildman–Crippen MR) is 69.9 cm³/mol. The van der Waals surface area contributed by atoms with Gasteiger partial charge in [-0.25, -0.2) is 4.39 Å². The van der Waals surface area contributed by atoms with E-state index in [1.165, 1.54) is 31.4 Å². The Bertz CT molecular complexity index is 576. The highest BCUT2D eigenvalue weighted by Crippen LogP contribution is 2.34. The van der Waals surface area contributed by atoms with Gasteiger partial charge in [-0.2, -0.15) is 0 Å². The summed E-state index contributed by atoms with van der Waals surface area (Å²) in [6.07, 6.45) is 5.89. The van der Waals surface area contributed by atoms with E-state index in [4.69, 9.17) is 10.2 Å². The maximum Gasteiger partial charge on any atom is 0.249 e. The zero-order valence-corrected chi connectivity index (χ0v) is 10.6. The fraction of sp³-hybridized carbons (Fsp3) is 0.429. The Hall–Kier alpha value is -1.91. The normalized spacial score (nSPS) is 16.7. The Morgan fingerprint density at radius 2 is 1.95 bits per heavy atom.